The number of amides is 1. The number of anilines is 2. The molecule has 4 rings (SSSR count). The summed E-state index contributed by atoms with van der Waals surface area (Å²) in [5, 5.41) is 3.44. The van der Waals surface area contributed by atoms with Crippen molar-refractivity contribution in [1.82, 2.24) is 9.88 Å². The Morgan fingerprint density at radius 1 is 1.08 bits per heavy atom. The van der Waals surface area contributed by atoms with Crippen LogP contribution in [0.25, 0.3) is 5.57 Å². The Kier molecular flexibility index (Phi) is 8.02. The van der Waals surface area contributed by atoms with E-state index in [0.29, 0.717) is 18.0 Å². The molecule has 0 spiro atoms. The molecule has 0 unspecified atom stereocenters. The molecule has 0 aliphatic rings. The van der Waals surface area contributed by atoms with E-state index >= 15 is 0 Å². The second-order valence-electron chi connectivity index (χ2n) is 8.42. The van der Waals surface area contributed by atoms with Crippen molar-refractivity contribution in [3.8, 4) is 11.5 Å². The Morgan fingerprint density at radius 3 is 2.58 bits per heavy atom. The van der Waals surface area contributed by atoms with Crippen molar-refractivity contribution in [2.45, 2.75) is 18.4 Å². The number of aromatic amines is 1. The standard InChI is InChI=1S/C29H30N4O2S/c1-20-26(13-14-31-20)28(18-33(2)19-34)27-16-25(36-3)11-12-29(27)35-24-6-4-5-23(15-24)32-17-21-7-9-22(30)10-8-21/h4-16,18-19,31-32H,17,30H2,1-3H3/b28-18+. The third-order valence-corrected chi connectivity index (χ3v) is 6.48. The summed E-state index contributed by atoms with van der Waals surface area (Å²) in [6.45, 7) is 2.69. The molecule has 0 aliphatic carbocycles. The molecule has 0 saturated carbocycles. The number of nitrogens with one attached hydrogen (secondary N) is 2. The SMILES string of the molecule is CSc1ccc(Oc2cccc(NCc3ccc(N)cc3)c2)c(/C(=C/N(C)C=O)c2cc[nH]c2C)c1. The van der Waals surface area contributed by atoms with Crippen molar-refractivity contribution < 1.29 is 9.53 Å². The summed E-state index contributed by atoms with van der Waals surface area (Å²) in [5.41, 5.74) is 12.4. The van der Waals surface area contributed by atoms with Crippen LogP contribution in [-0.2, 0) is 11.3 Å². The second-order valence-corrected chi connectivity index (χ2v) is 9.30. The van der Waals surface area contributed by atoms with E-state index in [1.807, 2.05) is 92.3 Å². The highest BCUT2D eigenvalue weighted by Gasteiger charge is 2.17. The van der Waals surface area contributed by atoms with Gasteiger partial charge in [-0.15, -0.1) is 11.8 Å². The predicted molar refractivity (Wildman–Crippen MR) is 149 cm³/mol. The van der Waals surface area contributed by atoms with Gasteiger partial charge in [0.15, 0.2) is 0 Å². The summed E-state index contributed by atoms with van der Waals surface area (Å²) < 4.78 is 6.43. The zero-order valence-corrected chi connectivity index (χ0v) is 21.4. The van der Waals surface area contributed by atoms with Crippen molar-refractivity contribution >= 4 is 35.1 Å². The summed E-state index contributed by atoms with van der Waals surface area (Å²) in [7, 11) is 1.73. The first kappa shape index (κ1) is 25.0. The highest BCUT2D eigenvalue weighted by atomic mass is 32.2. The number of rotatable bonds is 10. The fourth-order valence-electron chi connectivity index (χ4n) is 3.83. The number of carbonyl (C=O) groups is 1. The van der Waals surface area contributed by atoms with Gasteiger partial charge in [-0.05, 0) is 67.3 Å². The lowest BCUT2D eigenvalue weighted by atomic mass is 9.98. The van der Waals surface area contributed by atoms with Gasteiger partial charge in [-0.1, -0.05) is 18.2 Å². The maximum atomic E-state index is 11.5. The maximum Gasteiger partial charge on any atom is 0.213 e. The third-order valence-electron chi connectivity index (χ3n) is 5.76. The molecule has 36 heavy (non-hydrogen) atoms. The molecule has 1 amide bonds. The van der Waals surface area contributed by atoms with Crippen LogP contribution in [-0.4, -0.2) is 29.6 Å². The first-order chi connectivity index (χ1) is 17.5. The molecular weight excluding hydrogens is 468 g/mol. The first-order valence-corrected chi connectivity index (χ1v) is 12.8. The zero-order valence-electron chi connectivity index (χ0n) is 20.6. The molecule has 184 valence electrons. The topological polar surface area (TPSA) is 83.4 Å². The van der Waals surface area contributed by atoms with Crippen LogP contribution in [0, 0.1) is 6.92 Å². The number of nitrogen functional groups attached to an aromatic ring is 1. The lowest BCUT2D eigenvalue weighted by molar-refractivity contribution is -0.114. The van der Waals surface area contributed by atoms with E-state index in [9.17, 15) is 4.79 Å². The largest absolute Gasteiger partial charge is 0.457 e. The molecular formula is C29H30N4O2S. The van der Waals surface area contributed by atoms with Crippen LogP contribution in [0.3, 0.4) is 0 Å². The van der Waals surface area contributed by atoms with Gasteiger partial charge in [-0.2, -0.15) is 0 Å². The molecule has 0 saturated heterocycles. The Bertz CT molecular complexity index is 1360. The Hall–Kier alpha value is -4.10. The number of H-pyrrole nitrogens is 1. The van der Waals surface area contributed by atoms with Gasteiger partial charge in [0.2, 0.25) is 6.41 Å². The fourth-order valence-corrected chi connectivity index (χ4v) is 4.27. The molecule has 0 bridgehead atoms. The van der Waals surface area contributed by atoms with Crippen molar-refractivity contribution in [2.75, 3.05) is 24.4 Å². The number of aryl methyl sites for hydroxylation is 1. The number of benzene rings is 3. The van der Waals surface area contributed by atoms with Gasteiger partial charge in [-0.3, -0.25) is 4.79 Å². The number of hydrogen-bond donors (Lipinski definition) is 3. The summed E-state index contributed by atoms with van der Waals surface area (Å²) >= 11 is 1.66. The Balaban J connectivity index is 1.66. The Labute approximate surface area is 216 Å². The van der Waals surface area contributed by atoms with E-state index in [2.05, 4.69) is 16.4 Å². The predicted octanol–water partition coefficient (Wildman–Crippen LogP) is 6.51. The van der Waals surface area contributed by atoms with Gasteiger partial charge in [0.1, 0.15) is 11.5 Å². The molecule has 0 fully saturated rings. The zero-order chi connectivity index (χ0) is 25.5. The van der Waals surface area contributed by atoms with E-state index in [1.54, 1.807) is 18.8 Å². The van der Waals surface area contributed by atoms with Gasteiger partial charge < -0.3 is 25.7 Å². The highest BCUT2D eigenvalue weighted by Crippen LogP contribution is 2.38. The average Bonchev–Trinajstić information content (AvgIpc) is 3.32. The van der Waals surface area contributed by atoms with Crippen molar-refractivity contribution in [3.63, 3.8) is 0 Å². The van der Waals surface area contributed by atoms with Gasteiger partial charge in [0, 0.05) is 70.7 Å². The lowest BCUT2D eigenvalue weighted by Gasteiger charge is -2.18. The summed E-state index contributed by atoms with van der Waals surface area (Å²) in [4.78, 5) is 17.3. The number of nitrogens with zero attached hydrogens (tertiary/aromatic N) is 1. The van der Waals surface area contributed by atoms with Gasteiger partial charge in [-0.25, -0.2) is 0 Å². The fraction of sp³-hybridized carbons (Fsp3) is 0.138. The van der Waals surface area contributed by atoms with Crippen molar-refractivity contribution in [3.05, 3.63) is 108 Å². The van der Waals surface area contributed by atoms with Crippen LogP contribution in [0.4, 0.5) is 11.4 Å². The molecule has 0 aliphatic heterocycles. The number of ether oxygens (including phenoxy) is 1. The van der Waals surface area contributed by atoms with Gasteiger partial charge in [0.05, 0.1) is 0 Å². The van der Waals surface area contributed by atoms with Crippen molar-refractivity contribution in [2.24, 2.45) is 0 Å². The maximum absolute atomic E-state index is 11.5. The molecule has 1 aromatic heterocycles. The number of aromatic nitrogens is 1. The minimum atomic E-state index is 0.676. The monoisotopic (exact) mass is 498 g/mol. The summed E-state index contributed by atoms with van der Waals surface area (Å²) in [5.74, 6) is 1.42. The molecule has 7 heteroatoms. The molecule has 3 aromatic carbocycles. The molecule has 6 nitrogen and oxygen atoms in total. The number of hydrogen-bond acceptors (Lipinski definition) is 5. The molecule has 4 N–H and O–H groups in total. The number of nitrogens with two attached hydrogens (primary N) is 1. The highest BCUT2D eigenvalue weighted by molar-refractivity contribution is 7.98. The summed E-state index contributed by atoms with van der Waals surface area (Å²) in [6, 6.07) is 23.8. The molecule has 0 atom stereocenters. The second kappa shape index (κ2) is 11.6. The van der Waals surface area contributed by atoms with Crippen LogP contribution in [0.2, 0.25) is 0 Å². The van der Waals surface area contributed by atoms with Gasteiger partial charge >= 0.3 is 0 Å². The molecule has 1 heterocycles. The van der Waals surface area contributed by atoms with Crippen molar-refractivity contribution in [1.29, 1.82) is 0 Å². The molecule has 4 aromatic rings. The van der Waals surface area contributed by atoms with Crippen LogP contribution in [0.15, 0.2) is 90.1 Å². The first-order valence-electron chi connectivity index (χ1n) is 11.5. The van der Waals surface area contributed by atoms with Crippen LogP contribution >= 0.6 is 11.8 Å². The van der Waals surface area contributed by atoms with E-state index < -0.39 is 0 Å². The van der Waals surface area contributed by atoms with Crippen LogP contribution < -0.4 is 15.8 Å². The van der Waals surface area contributed by atoms with Gasteiger partial charge in [0.25, 0.3) is 0 Å². The van der Waals surface area contributed by atoms with E-state index in [4.69, 9.17) is 10.5 Å². The normalized spacial score (nSPS) is 11.2. The van der Waals surface area contributed by atoms with E-state index in [0.717, 1.165) is 50.6 Å². The smallest absolute Gasteiger partial charge is 0.213 e. The third kappa shape index (κ3) is 6.12. The molecule has 0 radical (unpaired) electrons. The number of thioether (sulfide) groups is 1. The number of carbonyl (C=O) groups excluding carboxylic acids is 1. The minimum absolute atomic E-state index is 0.676. The summed E-state index contributed by atoms with van der Waals surface area (Å²) in [6.07, 6.45) is 6.56. The minimum Gasteiger partial charge on any atom is -0.457 e. The van der Waals surface area contributed by atoms with E-state index in [1.165, 1.54) is 4.90 Å². The quantitative estimate of drug-likeness (QED) is 0.132. The van der Waals surface area contributed by atoms with E-state index in [-0.39, 0.29) is 0 Å². The lowest BCUT2D eigenvalue weighted by Crippen LogP contribution is -2.09. The van der Waals surface area contributed by atoms with Crippen LogP contribution in [0.5, 0.6) is 11.5 Å². The Morgan fingerprint density at radius 2 is 1.89 bits per heavy atom. The van der Waals surface area contributed by atoms with Crippen LogP contribution in [0.1, 0.15) is 22.4 Å². The average molecular weight is 499 g/mol.